The number of carbonyl (C=O) groups is 1. The molecule has 0 radical (unpaired) electrons. The van der Waals surface area contributed by atoms with Gasteiger partial charge in [0.1, 0.15) is 0 Å². The summed E-state index contributed by atoms with van der Waals surface area (Å²) < 4.78 is 2.02. The van der Waals surface area contributed by atoms with Crippen LogP contribution in [0.15, 0.2) is 53.1 Å². The van der Waals surface area contributed by atoms with E-state index in [0.29, 0.717) is 18.9 Å². The van der Waals surface area contributed by atoms with Gasteiger partial charge in [0.05, 0.1) is 12.2 Å². The molecule has 0 bridgehead atoms. The maximum Gasteiger partial charge on any atom is 0.223 e. The molecule has 0 aliphatic carbocycles. The van der Waals surface area contributed by atoms with E-state index in [9.17, 15) is 4.79 Å². The Hall–Kier alpha value is -2.14. The van der Waals surface area contributed by atoms with Crippen LogP contribution in [0.3, 0.4) is 0 Å². The number of carbonyl (C=O) groups excluding carboxylic acids is 1. The molecule has 1 amide bonds. The third-order valence-corrected chi connectivity index (χ3v) is 6.02. The minimum atomic E-state index is 0. The van der Waals surface area contributed by atoms with Gasteiger partial charge in [0, 0.05) is 56.3 Å². The van der Waals surface area contributed by atoms with Gasteiger partial charge >= 0.3 is 0 Å². The molecule has 166 valence electrons. The standard InChI is InChI=1S/C22H28N6OS.HI/c1-2-23-21(25-14-19-16-28-10-11-30-22(28)26-19)24-13-18-12-20(29)27(15-18)9-8-17-6-4-3-5-7-17;/h3-7,10-11,16,18H,2,8-9,12-15H2,1H3,(H2,23,24,25);1H. The molecule has 1 aliphatic heterocycles. The van der Waals surface area contributed by atoms with Gasteiger partial charge in [-0.05, 0) is 18.9 Å². The summed E-state index contributed by atoms with van der Waals surface area (Å²) in [6.45, 7) is 5.68. The van der Waals surface area contributed by atoms with Crippen LogP contribution >= 0.6 is 35.3 Å². The number of rotatable bonds is 8. The zero-order chi connectivity index (χ0) is 20.8. The zero-order valence-corrected chi connectivity index (χ0v) is 20.8. The SMILES string of the molecule is CCNC(=NCc1cn2ccsc2n1)NCC1CC(=O)N(CCc2ccccc2)C1.I. The summed E-state index contributed by atoms with van der Waals surface area (Å²) in [5, 5.41) is 8.71. The Kier molecular flexibility index (Phi) is 8.70. The lowest BCUT2D eigenvalue weighted by atomic mass is 10.1. The quantitative estimate of drug-likeness (QED) is 0.256. The van der Waals surface area contributed by atoms with Crippen LogP contribution in [0, 0.1) is 5.92 Å². The minimum Gasteiger partial charge on any atom is -0.357 e. The monoisotopic (exact) mass is 552 g/mol. The van der Waals surface area contributed by atoms with Crippen molar-refractivity contribution in [3.63, 3.8) is 0 Å². The van der Waals surface area contributed by atoms with E-state index in [1.165, 1.54) is 5.56 Å². The summed E-state index contributed by atoms with van der Waals surface area (Å²) in [7, 11) is 0. The summed E-state index contributed by atoms with van der Waals surface area (Å²) in [5.41, 5.74) is 2.22. The first kappa shape index (κ1) is 23.5. The molecule has 31 heavy (non-hydrogen) atoms. The van der Waals surface area contributed by atoms with Crippen molar-refractivity contribution in [2.45, 2.75) is 26.3 Å². The number of guanidine groups is 1. The number of fused-ring (bicyclic) bond motifs is 1. The third-order valence-electron chi connectivity index (χ3n) is 5.25. The lowest BCUT2D eigenvalue weighted by molar-refractivity contribution is -0.127. The van der Waals surface area contributed by atoms with Crippen LogP contribution in [0.5, 0.6) is 0 Å². The molecule has 1 aromatic carbocycles. The average Bonchev–Trinajstić information content (AvgIpc) is 3.44. The number of aromatic nitrogens is 2. The van der Waals surface area contributed by atoms with Crippen molar-refractivity contribution in [2.75, 3.05) is 26.2 Å². The predicted octanol–water partition coefficient (Wildman–Crippen LogP) is 3.16. The molecule has 0 spiro atoms. The van der Waals surface area contributed by atoms with Crippen molar-refractivity contribution in [3.05, 3.63) is 59.4 Å². The fourth-order valence-corrected chi connectivity index (χ4v) is 4.43. The Morgan fingerprint density at radius 1 is 1.29 bits per heavy atom. The number of nitrogens with zero attached hydrogens (tertiary/aromatic N) is 4. The highest BCUT2D eigenvalue weighted by Gasteiger charge is 2.29. The van der Waals surface area contributed by atoms with Crippen molar-refractivity contribution >= 4 is 52.1 Å². The van der Waals surface area contributed by atoms with E-state index in [-0.39, 0.29) is 29.9 Å². The summed E-state index contributed by atoms with van der Waals surface area (Å²) in [6.07, 6.45) is 5.51. The second-order valence-corrected chi connectivity index (χ2v) is 8.42. The first-order valence-electron chi connectivity index (χ1n) is 10.5. The Morgan fingerprint density at radius 2 is 2.13 bits per heavy atom. The maximum atomic E-state index is 12.4. The summed E-state index contributed by atoms with van der Waals surface area (Å²) in [4.78, 5) is 24.6. The molecule has 3 aromatic rings. The molecule has 1 aliphatic rings. The largest absolute Gasteiger partial charge is 0.357 e. The van der Waals surface area contributed by atoms with Gasteiger partial charge in [0.2, 0.25) is 5.91 Å². The van der Waals surface area contributed by atoms with Crippen LogP contribution in [0.25, 0.3) is 4.96 Å². The molecular weight excluding hydrogens is 523 g/mol. The number of nitrogens with one attached hydrogen (secondary N) is 2. The second-order valence-electron chi connectivity index (χ2n) is 7.55. The number of likely N-dealkylation sites (tertiary alicyclic amines) is 1. The Morgan fingerprint density at radius 3 is 2.90 bits per heavy atom. The predicted molar refractivity (Wildman–Crippen MR) is 136 cm³/mol. The van der Waals surface area contributed by atoms with Crippen LogP contribution in [-0.4, -0.2) is 52.3 Å². The van der Waals surface area contributed by atoms with Gasteiger partial charge in [-0.1, -0.05) is 30.3 Å². The number of halogens is 1. The molecule has 3 heterocycles. The van der Waals surface area contributed by atoms with E-state index in [1.807, 2.05) is 52.2 Å². The molecule has 0 saturated carbocycles. The molecule has 7 nitrogen and oxygen atoms in total. The number of hydrogen-bond donors (Lipinski definition) is 2. The Bertz CT molecular complexity index is 973. The fourth-order valence-electron chi connectivity index (χ4n) is 3.71. The maximum absolute atomic E-state index is 12.4. The first-order valence-corrected chi connectivity index (χ1v) is 11.3. The number of benzene rings is 1. The first-order chi connectivity index (χ1) is 14.7. The van der Waals surface area contributed by atoms with Crippen LogP contribution in [0.1, 0.15) is 24.6 Å². The average molecular weight is 552 g/mol. The van der Waals surface area contributed by atoms with Gasteiger partial charge in [-0.15, -0.1) is 35.3 Å². The highest BCUT2D eigenvalue weighted by molar-refractivity contribution is 14.0. The van der Waals surface area contributed by atoms with Gasteiger partial charge in [0.15, 0.2) is 10.9 Å². The van der Waals surface area contributed by atoms with Gasteiger partial charge in [-0.2, -0.15) is 0 Å². The fraction of sp³-hybridized carbons (Fsp3) is 0.409. The second kappa shape index (κ2) is 11.5. The van der Waals surface area contributed by atoms with E-state index >= 15 is 0 Å². The van der Waals surface area contributed by atoms with Gasteiger partial charge in [-0.25, -0.2) is 9.98 Å². The van der Waals surface area contributed by atoms with Crippen molar-refractivity contribution in [2.24, 2.45) is 10.9 Å². The van der Waals surface area contributed by atoms with Crippen LogP contribution in [-0.2, 0) is 17.8 Å². The Labute approximate surface area is 204 Å². The number of thiazole rings is 1. The molecule has 2 N–H and O–H groups in total. The van der Waals surface area contributed by atoms with Crippen molar-refractivity contribution < 1.29 is 4.79 Å². The van der Waals surface area contributed by atoms with E-state index in [4.69, 9.17) is 0 Å². The third kappa shape index (κ3) is 6.42. The van der Waals surface area contributed by atoms with Crippen molar-refractivity contribution in [1.82, 2.24) is 24.9 Å². The topological polar surface area (TPSA) is 74.0 Å². The summed E-state index contributed by atoms with van der Waals surface area (Å²) in [6, 6.07) is 10.3. The molecule has 1 saturated heterocycles. The molecule has 1 fully saturated rings. The highest BCUT2D eigenvalue weighted by atomic mass is 127. The summed E-state index contributed by atoms with van der Waals surface area (Å²) >= 11 is 1.62. The molecular formula is C22H29IN6OS. The normalized spacial score (nSPS) is 16.5. The van der Waals surface area contributed by atoms with E-state index < -0.39 is 0 Å². The van der Waals surface area contributed by atoms with Crippen molar-refractivity contribution in [1.29, 1.82) is 0 Å². The lowest BCUT2D eigenvalue weighted by Gasteiger charge is -2.18. The van der Waals surface area contributed by atoms with Gasteiger partial charge in [0.25, 0.3) is 0 Å². The number of amides is 1. The minimum absolute atomic E-state index is 0. The van der Waals surface area contributed by atoms with E-state index in [0.717, 1.165) is 49.2 Å². The number of aliphatic imine (C=N–C) groups is 1. The number of hydrogen-bond acceptors (Lipinski definition) is 4. The number of imidazole rings is 1. The van der Waals surface area contributed by atoms with Crippen LogP contribution in [0.4, 0.5) is 0 Å². The molecule has 9 heteroatoms. The summed E-state index contributed by atoms with van der Waals surface area (Å²) in [5.74, 6) is 1.32. The van der Waals surface area contributed by atoms with Crippen LogP contribution in [0.2, 0.25) is 0 Å². The molecule has 1 unspecified atom stereocenters. The molecule has 1 atom stereocenters. The smallest absolute Gasteiger partial charge is 0.223 e. The van der Waals surface area contributed by atoms with Crippen LogP contribution < -0.4 is 10.6 Å². The zero-order valence-electron chi connectivity index (χ0n) is 17.7. The van der Waals surface area contributed by atoms with E-state index in [2.05, 4.69) is 32.7 Å². The van der Waals surface area contributed by atoms with Crippen molar-refractivity contribution in [3.8, 4) is 0 Å². The molecule has 4 rings (SSSR count). The lowest BCUT2D eigenvalue weighted by Crippen LogP contribution is -2.40. The van der Waals surface area contributed by atoms with Gasteiger partial charge < -0.3 is 15.5 Å². The highest BCUT2D eigenvalue weighted by Crippen LogP contribution is 2.18. The Balaban J connectivity index is 0.00000272. The van der Waals surface area contributed by atoms with E-state index in [1.54, 1.807) is 11.3 Å². The van der Waals surface area contributed by atoms with Gasteiger partial charge in [-0.3, -0.25) is 9.20 Å². The molecule has 2 aromatic heterocycles.